The van der Waals surface area contributed by atoms with Gasteiger partial charge in [-0.3, -0.25) is 4.79 Å². The third-order valence-corrected chi connectivity index (χ3v) is 4.16. The number of hydrogen-bond donors (Lipinski definition) is 2. The number of halogens is 2. The van der Waals surface area contributed by atoms with E-state index in [4.69, 9.17) is 5.14 Å². The van der Waals surface area contributed by atoms with Crippen LogP contribution in [0, 0.1) is 5.82 Å². The fourth-order valence-electron chi connectivity index (χ4n) is 1.57. The molecule has 0 bridgehead atoms. The molecule has 21 heavy (non-hydrogen) atoms. The Hall–Kier alpha value is -1.77. The average molecular weight is 373 g/mol. The first-order chi connectivity index (χ1) is 9.77. The largest absolute Gasteiger partial charge is 0.322 e. The lowest BCUT2D eigenvalue weighted by Gasteiger charge is -2.06. The van der Waals surface area contributed by atoms with Crippen LogP contribution in [0.15, 0.2) is 51.8 Å². The molecule has 8 heteroatoms. The molecule has 0 spiro atoms. The lowest BCUT2D eigenvalue weighted by atomic mass is 10.2. The van der Waals surface area contributed by atoms with E-state index in [2.05, 4.69) is 21.2 Å². The second-order valence-corrected chi connectivity index (χ2v) is 6.57. The van der Waals surface area contributed by atoms with Crippen molar-refractivity contribution in [1.82, 2.24) is 0 Å². The number of sulfonamides is 1. The maximum atomic E-state index is 13.1. The number of carbonyl (C=O) groups is 1. The Morgan fingerprint density at radius 2 is 1.76 bits per heavy atom. The SMILES string of the molecule is NS(=O)(=O)c1ccc(NC(=O)c2ccc(F)c(Br)c2)cc1. The van der Waals surface area contributed by atoms with Gasteiger partial charge in [-0.2, -0.15) is 0 Å². The molecule has 0 radical (unpaired) electrons. The number of benzene rings is 2. The van der Waals surface area contributed by atoms with E-state index in [1.165, 1.54) is 42.5 Å². The minimum Gasteiger partial charge on any atom is -0.322 e. The summed E-state index contributed by atoms with van der Waals surface area (Å²) in [6, 6.07) is 9.25. The van der Waals surface area contributed by atoms with E-state index in [-0.39, 0.29) is 14.9 Å². The van der Waals surface area contributed by atoms with Crippen molar-refractivity contribution in [3.8, 4) is 0 Å². The molecule has 0 aliphatic heterocycles. The lowest BCUT2D eigenvalue weighted by Crippen LogP contribution is -2.14. The van der Waals surface area contributed by atoms with Gasteiger partial charge in [0.15, 0.2) is 0 Å². The van der Waals surface area contributed by atoms with Gasteiger partial charge in [0.1, 0.15) is 5.82 Å². The maximum Gasteiger partial charge on any atom is 0.255 e. The summed E-state index contributed by atoms with van der Waals surface area (Å²) in [5.74, 6) is -0.914. The molecule has 2 aromatic carbocycles. The van der Waals surface area contributed by atoms with Crippen LogP contribution in [0.3, 0.4) is 0 Å². The maximum absolute atomic E-state index is 13.1. The van der Waals surface area contributed by atoms with Gasteiger partial charge < -0.3 is 5.32 Å². The Morgan fingerprint density at radius 1 is 1.14 bits per heavy atom. The topological polar surface area (TPSA) is 89.3 Å². The fraction of sp³-hybridized carbons (Fsp3) is 0. The van der Waals surface area contributed by atoms with Crippen molar-refractivity contribution in [1.29, 1.82) is 0 Å². The van der Waals surface area contributed by atoms with Crippen molar-refractivity contribution in [2.75, 3.05) is 5.32 Å². The van der Waals surface area contributed by atoms with Crippen molar-refractivity contribution in [3.05, 3.63) is 58.3 Å². The van der Waals surface area contributed by atoms with E-state index >= 15 is 0 Å². The molecule has 2 rings (SSSR count). The molecular formula is C13H10BrFN2O3S. The quantitative estimate of drug-likeness (QED) is 0.866. The molecule has 1 amide bonds. The second-order valence-electron chi connectivity index (χ2n) is 4.15. The van der Waals surface area contributed by atoms with Gasteiger partial charge in [0.05, 0.1) is 9.37 Å². The van der Waals surface area contributed by atoms with Crippen LogP contribution in [-0.4, -0.2) is 14.3 Å². The molecule has 110 valence electrons. The van der Waals surface area contributed by atoms with Crippen molar-refractivity contribution >= 4 is 37.5 Å². The van der Waals surface area contributed by atoms with Gasteiger partial charge in [0.25, 0.3) is 5.91 Å². The lowest BCUT2D eigenvalue weighted by molar-refractivity contribution is 0.102. The van der Waals surface area contributed by atoms with E-state index < -0.39 is 21.7 Å². The van der Waals surface area contributed by atoms with Crippen LogP contribution in [-0.2, 0) is 10.0 Å². The highest BCUT2D eigenvalue weighted by molar-refractivity contribution is 9.10. The van der Waals surface area contributed by atoms with Crippen LogP contribution in [0.1, 0.15) is 10.4 Å². The fourth-order valence-corrected chi connectivity index (χ4v) is 2.46. The predicted molar refractivity (Wildman–Crippen MR) is 79.9 cm³/mol. The molecule has 5 nitrogen and oxygen atoms in total. The summed E-state index contributed by atoms with van der Waals surface area (Å²) in [7, 11) is -3.77. The summed E-state index contributed by atoms with van der Waals surface area (Å²) >= 11 is 3.00. The van der Waals surface area contributed by atoms with Crippen LogP contribution in [0.2, 0.25) is 0 Å². The summed E-state index contributed by atoms with van der Waals surface area (Å²) in [6.45, 7) is 0. The molecule has 0 saturated carbocycles. The smallest absolute Gasteiger partial charge is 0.255 e. The molecule has 0 aromatic heterocycles. The standard InChI is InChI=1S/C13H10BrFN2O3S/c14-11-7-8(1-6-12(11)15)13(18)17-9-2-4-10(5-3-9)21(16,19)20/h1-7H,(H,17,18)(H2,16,19,20). The van der Waals surface area contributed by atoms with E-state index in [0.29, 0.717) is 5.69 Å². The van der Waals surface area contributed by atoms with Gasteiger partial charge in [-0.25, -0.2) is 17.9 Å². The van der Waals surface area contributed by atoms with E-state index in [1.54, 1.807) is 0 Å². The molecule has 0 atom stereocenters. The molecular weight excluding hydrogens is 363 g/mol. The van der Waals surface area contributed by atoms with E-state index in [0.717, 1.165) is 0 Å². The van der Waals surface area contributed by atoms with Crippen molar-refractivity contribution in [2.45, 2.75) is 4.90 Å². The van der Waals surface area contributed by atoms with E-state index in [9.17, 15) is 17.6 Å². The van der Waals surface area contributed by atoms with Gasteiger partial charge in [-0.1, -0.05) is 0 Å². The first kappa shape index (κ1) is 15.6. The highest BCUT2D eigenvalue weighted by Crippen LogP contribution is 2.18. The molecule has 2 aromatic rings. The predicted octanol–water partition coefficient (Wildman–Crippen LogP) is 2.49. The first-order valence-corrected chi connectivity index (χ1v) is 8.00. The van der Waals surface area contributed by atoms with Crippen LogP contribution >= 0.6 is 15.9 Å². The van der Waals surface area contributed by atoms with Crippen LogP contribution in [0.4, 0.5) is 10.1 Å². The number of amides is 1. The minimum absolute atomic E-state index is 0.0509. The number of nitrogens with one attached hydrogen (secondary N) is 1. The van der Waals surface area contributed by atoms with Crippen molar-refractivity contribution in [3.63, 3.8) is 0 Å². The molecule has 0 unspecified atom stereocenters. The number of hydrogen-bond acceptors (Lipinski definition) is 3. The van der Waals surface area contributed by atoms with Crippen LogP contribution < -0.4 is 10.5 Å². The zero-order valence-electron chi connectivity index (χ0n) is 10.5. The van der Waals surface area contributed by atoms with Crippen LogP contribution in [0.5, 0.6) is 0 Å². The van der Waals surface area contributed by atoms with Crippen molar-refractivity contribution < 1.29 is 17.6 Å². The summed E-state index contributed by atoms with van der Waals surface area (Å²) in [4.78, 5) is 11.9. The van der Waals surface area contributed by atoms with Crippen LogP contribution in [0.25, 0.3) is 0 Å². The third-order valence-electron chi connectivity index (χ3n) is 2.62. The number of rotatable bonds is 3. The first-order valence-electron chi connectivity index (χ1n) is 5.66. The zero-order chi connectivity index (χ0) is 15.6. The van der Waals surface area contributed by atoms with Gasteiger partial charge in [-0.15, -0.1) is 0 Å². The molecule has 0 saturated heterocycles. The monoisotopic (exact) mass is 372 g/mol. The summed E-state index contributed by atoms with van der Waals surface area (Å²) < 4.78 is 35.5. The normalized spacial score (nSPS) is 11.2. The molecule has 0 heterocycles. The minimum atomic E-state index is -3.77. The van der Waals surface area contributed by atoms with Gasteiger partial charge in [0.2, 0.25) is 10.0 Å². The summed E-state index contributed by atoms with van der Waals surface area (Å²) in [5, 5.41) is 7.54. The Bertz CT molecular complexity index is 792. The number of anilines is 1. The molecule has 3 N–H and O–H groups in total. The zero-order valence-corrected chi connectivity index (χ0v) is 12.9. The second kappa shape index (κ2) is 5.92. The summed E-state index contributed by atoms with van der Waals surface area (Å²) in [6.07, 6.45) is 0. The van der Waals surface area contributed by atoms with E-state index in [1.807, 2.05) is 0 Å². The molecule has 0 aliphatic rings. The summed E-state index contributed by atoms with van der Waals surface area (Å²) in [5.41, 5.74) is 0.659. The highest BCUT2D eigenvalue weighted by Gasteiger charge is 2.10. The van der Waals surface area contributed by atoms with Crippen molar-refractivity contribution in [2.24, 2.45) is 5.14 Å². The Kier molecular flexibility index (Phi) is 4.40. The number of carbonyl (C=O) groups excluding carboxylic acids is 1. The van der Waals surface area contributed by atoms with Gasteiger partial charge in [-0.05, 0) is 58.4 Å². The van der Waals surface area contributed by atoms with Gasteiger partial charge >= 0.3 is 0 Å². The highest BCUT2D eigenvalue weighted by atomic mass is 79.9. The number of nitrogens with two attached hydrogens (primary N) is 1. The third kappa shape index (κ3) is 3.87. The number of primary sulfonamides is 1. The molecule has 0 fully saturated rings. The Labute approximate surface area is 129 Å². The van der Waals surface area contributed by atoms with Gasteiger partial charge in [0, 0.05) is 11.3 Å². The average Bonchev–Trinajstić information content (AvgIpc) is 2.41. The Balaban J connectivity index is 2.18. The molecule has 0 aliphatic carbocycles. The Morgan fingerprint density at radius 3 is 2.29 bits per heavy atom.